The van der Waals surface area contributed by atoms with Crippen molar-refractivity contribution < 1.29 is 9.59 Å². The van der Waals surface area contributed by atoms with Crippen LogP contribution in [0.15, 0.2) is 53.6 Å². The van der Waals surface area contributed by atoms with Crippen molar-refractivity contribution in [1.82, 2.24) is 4.98 Å². The fraction of sp³-hybridized carbons (Fsp3) is 0.208. The molecule has 0 radical (unpaired) electrons. The van der Waals surface area contributed by atoms with Gasteiger partial charge < -0.3 is 10.6 Å². The molecule has 0 aliphatic heterocycles. The standard InChI is InChI=1S/C24H24ClN3O2S/c1-14-9-10-18(12-19(14)25)27-21(29)13-31-24-22(16(3)11-17(4)26-24)23(30)28-20-8-6-5-7-15(20)2/h5-12H,13H2,1-4H3,(H,27,29)(H,28,30). The number of para-hydroxylation sites is 1. The number of carbonyl (C=O) groups excluding carboxylic acids is 2. The lowest BCUT2D eigenvalue weighted by molar-refractivity contribution is -0.113. The molecule has 0 saturated carbocycles. The van der Waals surface area contributed by atoms with Crippen LogP contribution in [0, 0.1) is 27.7 Å². The molecule has 1 heterocycles. The summed E-state index contributed by atoms with van der Waals surface area (Å²) in [7, 11) is 0. The van der Waals surface area contributed by atoms with Crippen LogP contribution in [-0.4, -0.2) is 22.6 Å². The summed E-state index contributed by atoms with van der Waals surface area (Å²) >= 11 is 7.36. The maximum absolute atomic E-state index is 13.0. The number of anilines is 2. The van der Waals surface area contributed by atoms with Gasteiger partial charge in [-0.3, -0.25) is 9.59 Å². The molecular weight excluding hydrogens is 430 g/mol. The van der Waals surface area contributed by atoms with Gasteiger partial charge in [-0.25, -0.2) is 4.98 Å². The first-order chi connectivity index (χ1) is 14.7. The van der Waals surface area contributed by atoms with E-state index in [0.29, 0.717) is 21.3 Å². The molecule has 1 aromatic heterocycles. The fourth-order valence-corrected chi connectivity index (χ4v) is 4.21. The normalized spacial score (nSPS) is 10.6. The van der Waals surface area contributed by atoms with E-state index in [0.717, 1.165) is 28.1 Å². The van der Waals surface area contributed by atoms with Gasteiger partial charge in [-0.2, -0.15) is 0 Å². The van der Waals surface area contributed by atoms with Gasteiger partial charge >= 0.3 is 0 Å². The smallest absolute Gasteiger partial charge is 0.258 e. The van der Waals surface area contributed by atoms with Gasteiger partial charge in [0.1, 0.15) is 5.03 Å². The molecule has 7 heteroatoms. The number of amides is 2. The Kier molecular flexibility index (Phi) is 7.36. The minimum absolute atomic E-state index is 0.117. The van der Waals surface area contributed by atoms with Gasteiger partial charge in [0.25, 0.3) is 5.91 Å². The zero-order valence-electron chi connectivity index (χ0n) is 17.9. The molecule has 0 unspecified atom stereocenters. The van der Waals surface area contributed by atoms with E-state index < -0.39 is 0 Å². The highest BCUT2D eigenvalue weighted by atomic mass is 35.5. The van der Waals surface area contributed by atoms with Crippen LogP contribution < -0.4 is 10.6 Å². The maximum atomic E-state index is 13.0. The topological polar surface area (TPSA) is 71.1 Å². The molecule has 0 aliphatic carbocycles. The number of thioether (sulfide) groups is 1. The van der Waals surface area contributed by atoms with Gasteiger partial charge in [-0.15, -0.1) is 0 Å². The van der Waals surface area contributed by atoms with E-state index in [1.54, 1.807) is 12.1 Å². The lowest BCUT2D eigenvalue weighted by atomic mass is 10.1. The van der Waals surface area contributed by atoms with Crippen LogP contribution in [0.3, 0.4) is 0 Å². The Balaban J connectivity index is 1.76. The second-order valence-corrected chi connectivity index (χ2v) is 8.70. The molecule has 2 amide bonds. The molecular formula is C24H24ClN3O2S. The molecule has 160 valence electrons. The zero-order valence-corrected chi connectivity index (χ0v) is 19.4. The molecule has 3 aromatic rings. The first-order valence-electron chi connectivity index (χ1n) is 9.78. The number of hydrogen-bond donors (Lipinski definition) is 2. The second-order valence-electron chi connectivity index (χ2n) is 7.33. The molecule has 0 fully saturated rings. The summed E-state index contributed by atoms with van der Waals surface area (Å²) in [4.78, 5) is 30.0. The number of rotatable bonds is 6. The van der Waals surface area contributed by atoms with E-state index in [-0.39, 0.29) is 17.6 Å². The van der Waals surface area contributed by atoms with Crippen molar-refractivity contribution in [2.75, 3.05) is 16.4 Å². The van der Waals surface area contributed by atoms with Crippen LogP contribution in [0.1, 0.15) is 32.7 Å². The number of benzene rings is 2. The zero-order chi connectivity index (χ0) is 22.5. The van der Waals surface area contributed by atoms with E-state index >= 15 is 0 Å². The van der Waals surface area contributed by atoms with Crippen LogP contribution in [0.25, 0.3) is 0 Å². The van der Waals surface area contributed by atoms with Gasteiger partial charge in [-0.1, -0.05) is 47.6 Å². The lowest BCUT2D eigenvalue weighted by Crippen LogP contribution is -2.18. The van der Waals surface area contributed by atoms with Crippen molar-refractivity contribution in [3.05, 3.63) is 81.5 Å². The Morgan fingerprint density at radius 3 is 2.39 bits per heavy atom. The predicted molar refractivity (Wildman–Crippen MR) is 128 cm³/mol. The highest BCUT2D eigenvalue weighted by Gasteiger charge is 2.19. The SMILES string of the molecule is Cc1cc(C)c(C(=O)Nc2ccccc2C)c(SCC(=O)Nc2ccc(C)c(Cl)c2)n1. The van der Waals surface area contributed by atoms with Crippen molar-refractivity contribution in [1.29, 1.82) is 0 Å². The number of aryl methyl sites for hydroxylation is 4. The molecule has 2 N–H and O–H groups in total. The number of hydrogen-bond acceptors (Lipinski definition) is 4. The summed E-state index contributed by atoms with van der Waals surface area (Å²) in [5.41, 5.74) is 5.37. The number of nitrogens with zero attached hydrogens (tertiary/aromatic N) is 1. The minimum atomic E-state index is -0.243. The molecule has 0 atom stereocenters. The van der Waals surface area contributed by atoms with Crippen molar-refractivity contribution in [3.8, 4) is 0 Å². The average molecular weight is 454 g/mol. The van der Waals surface area contributed by atoms with Gasteiger partial charge in [-0.05, 0) is 68.7 Å². The van der Waals surface area contributed by atoms with Gasteiger partial charge in [0, 0.05) is 22.1 Å². The van der Waals surface area contributed by atoms with Crippen molar-refractivity contribution in [2.45, 2.75) is 32.7 Å². The van der Waals surface area contributed by atoms with E-state index in [2.05, 4.69) is 15.6 Å². The Bertz CT molecular complexity index is 1150. The number of nitrogens with one attached hydrogen (secondary N) is 2. The van der Waals surface area contributed by atoms with E-state index in [4.69, 9.17) is 11.6 Å². The number of carbonyl (C=O) groups is 2. The van der Waals surface area contributed by atoms with Crippen LogP contribution in [0.2, 0.25) is 5.02 Å². The number of pyridine rings is 1. The predicted octanol–water partition coefficient (Wildman–Crippen LogP) is 5.95. The Morgan fingerprint density at radius 2 is 1.68 bits per heavy atom. The largest absolute Gasteiger partial charge is 0.325 e. The van der Waals surface area contributed by atoms with Crippen LogP contribution in [0.4, 0.5) is 11.4 Å². The molecule has 31 heavy (non-hydrogen) atoms. The highest BCUT2D eigenvalue weighted by molar-refractivity contribution is 8.00. The van der Waals surface area contributed by atoms with Crippen LogP contribution in [0.5, 0.6) is 0 Å². The molecule has 2 aromatic carbocycles. The maximum Gasteiger partial charge on any atom is 0.258 e. The molecule has 0 bridgehead atoms. The monoisotopic (exact) mass is 453 g/mol. The summed E-state index contributed by atoms with van der Waals surface area (Å²) in [6.07, 6.45) is 0. The van der Waals surface area contributed by atoms with E-state index in [1.807, 2.05) is 64.1 Å². The number of halogens is 1. The number of aromatic nitrogens is 1. The van der Waals surface area contributed by atoms with Gasteiger partial charge in [0.15, 0.2) is 0 Å². The van der Waals surface area contributed by atoms with Crippen molar-refractivity contribution in [3.63, 3.8) is 0 Å². The van der Waals surface area contributed by atoms with E-state index in [1.165, 1.54) is 11.8 Å². The van der Waals surface area contributed by atoms with Crippen LogP contribution >= 0.6 is 23.4 Å². The summed E-state index contributed by atoms with van der Waals surface area (Å²) in [6, 6.07) is 14.8. The molecule has 0 saturated heterocycles. The average Bonchev–Trinajstić information content (AvgIpc) is 2.70. The first-order valence-corrected chi connectivity index (χ1v) is 11.1. The summed E-state index contributed by atoms with van der Waals surface area (Å²) < 4.78 is 0. The quantitative estimate of drug-likeness (QED) is 0.452. The Labute approximate surface area is 191 Å². The van der Waals surface area contributed by atoms with Gasteiger partial charge in [0.05, 0.1) is 11.3 Å². The Morgan fingerprint density at radius 1 is 0.935 bits per heavy atom. The lowest BCUT2D eigenvalue weighted by Gasteiger charge is -2.14. The summed E-state index contributed by atoms with van der Waals surface area (Å²) in [6.45, 7) is 7.58. The first kappa shape index (κ1) is 22.8. The Hall–Kier alpha value is -2.83. The van der Waals surface area contributed by atoms with Crippen LogP contribution in [-0.2, 0) is 4.79 Å². The summed E-state index contributed by atoms with van der Waals surface area (Å²) in [5.74, 6) is -0.324. The molecule has 3 rings (SSSR count). The highest BCUT2D eigenvalue weighted by Crippen LogP contribution is 2.27. The van der Waals surface area contributed by atoms with Crippen molar-refractivity contribution in [2.24, 2.45) is 0 Å². The molecule has 5 nitrogen and oxygen atoms in total. The molecule has 0 spiro atoms. The van der Waals surface area contributed by atoms with Crippen molar-refractivity contribution >= 4 is 46.6 Å². The van der Waals surface area contributed by atoms with Gasteiger partial charge in [0.2, 0.25) is 5.91 Å². The fourth-order valence-electron chi connectivity index (χ4n) is 3.08. The minimum Gasteiger partial charge on any atom is -0.325 e. The second kappa shape index (κ2) is 9.98. The summed E-state index contributed by atoms with van der Waals surface area (Å²) in [5, 5.41) is 6.91. The third-order valence-corrected chi connectivity index (χ3v) is 6.11. The third kappa shape index (κ3) is 5.87. The third-order valence-electron chi connectivity index (χ3n) is 4.73. The van der Waals surface area contributed by atoms with E-state index in [9.17, 15) is 9.59 Å². The molecule has 0 aliphatic rings.